The molecule has 3 atom stereocenters. The van der Waals surface area contributed by atoms with Crippen LogP contribution in [0, 0.1) is 5.92 Å². The van der Waals surface area contributed by atoms with Crippen molar-refractivity contribution in [2.45, 2.75) is 51.1 Å². The summed E-state index contributed by atoms with van der Waals surface area (Å²) in [4.78, 5) is 17.9. The van der Waals surface area contributed by atoms with Gasteiger partial charge in [0.25, 0.3) is 0 Å². The van der Waals surface area contributed by atoms with Crippen molar-refractivity contribution in [2.24, 2.45) is 5.92 Å². The number of rotatable bonds is 4. The lowest BCUT2D eigenvalue weighted by Gasteiger charge is -2.36. The van der Waals surface area contributed by atoms with Gasteiger partial charge in [-0.25, -0.2) is 0 Å². The summed E-state index contributed by atoms with van der Waals surface area (Å²) in [6.07, 6.45) is 5.98. The Kier molecular flexibility index (Phi) is 5.25. The third-order valence-electron chi connectivity index (χ3n) is 5.68. The fourth-order valence-corrected chi connectivity index (χ4v) is 6.07. The van der Waals surface area contributed by atoms with Crippen LogP contribution in [0.5, 0.6) is 0 Å². The van der Waals surface area contributed by atoms with Crippen molar-refractivity contribution in [3.05, 3.63) is 44.3 Å². The van der Waals surface area contributed by atoms with Crippen LogP contribution in [0.2, 0.25) is 0 Å². The fraction of sp³-hybridized carbons (Fsp3) is 0.550. The predicted molar refractivity (Wildman–Crippen MR) is 105 cm³/mol. The van der Waals surface area contributed by atoms with Gasteiger partial charge in [0.2, 0.25) is 5.91 Å². The molecule has 2 aliphatic rings. The Morgan fingerprint density at radius 3 is 2.92 bits per heavy atom. The first-order valence-corrected chi connectivity index (χ1v) is 11.1. The first-order valence-electron chi connectivity index (χ1n) is 9.35. The maximum atomic E-state index is 12.7. The number of carbonyl (C=O) groups excluding carboxylic acids is 1. The highest BCUT2D eigenvalue weighted by Gasteiger charge is 2.32. The van der Waals surface area contributed by atoms with Crippen LogP contribution in [-0.4, -0.2) is 29.9 Å². The average molecular weight is 375 g/mol. The molecule has 4 rings (SSSR count). The van der Waals surface area contributed by atoms with Gasteiger partial charge in [0.15, 0.2) is 0 Å². The van der Waals surface area contributed by atoms with E-state index < -0.39 is 0 Å². The van der Waals surface area contributed by atoms with Gasteiger partial charge in [-0.05, 0) is 53.6 Å². The third-order valence-corrected chi connectivity index (χ3v) is 7.60. The van der Waals surface area contributed by atoms with Crippen LogP contribution >= 0.6 is 22.7 Å². The minimum Gasteiger partial charge on any atom is -0.352 e. The second-order valence-electron chi connectivity index (χ2n) is 7.37. The van der Waals surface area contributed by atoms with Crippen LogP contribution in [0.3, 0.4) is 0 Å². The van der Waals surface area contributed by atoms with Crippen LogP contribution in [0.1, 0.15) is 54.0 Å². The van der Waals surface area contributed by atoms with E-state index in [2.05, 4.69) is 46.1 Å². The van der Waals surface area contributed by atoms with Crippen molar-refractivity contribution < 1.29 is 4.79 Å². The molecule has 0 spiro atoms. The highest BCUT2D eigenvalue weighted by molar-refractivity contribution is 7.10. The molecule has 1 saturated carbocycles. The van der Waals surface area contributed by atoms with Crippen LogP contribution in [0.15, 0.2) is 29.0 Å². The van der Waals surface area contributed by atoms with Crippen molar-refractivity contribution in [2.75, 3.05) is 13.1 Å². The van der Waals surface area contributed by atoms with Crippen molar-refractivity contribution in [3.8, 4) is 0 Å². The predicted octanol–water partition coefficient (Wildman–Crippen LogP) is 4.45. The van der Waals surface area contributed by atoms with E-state index in [-0.39, 0.29) is 11.9 Å². The summed E-state index contributed by atoms with van der Waals surface area (Å²) in [5, 5.41) is 7.65. The van der Waals surface area contributed by atoms with E-state index in [1.54, 1.807) is 11.3 Å². The summed E-state index contributed by atoms with van der Waals surface area (Å²) in [6.45, 7) is 3.74. The molecule has 0 radical (unpaired) electrons. The second-order valence-corrected chi connectivity index (χ2v) is 9.35. The SMILES string of the molecule is C[C@H]1CCCC[C@@H]1NC(=O)CN1CCc2sccc2[C@@H]1c1cccs1. The molecule has 1 aliphatic carbocycles. The molecule has 2 aromatic heterocycles. The van der Waals surface area contributed by atoms with Gasteiger partial charge in [-0.3, -0.25) is 9.69 Å². The number of carbonyl (C=O) groups is 1. The van der Waals surface area contributed by atoms with E-state index in [9.17, 15) is 4.79 Å². The molecule has 0 unspecified atom stereocenters. The molecule has 1 fully saturated rings. The lowest BCUT2D eigenvalue weighted by Crippen LogP contribution is -2.47. The van der Waals surface area contributed by atoms with Crippen LogP contribution in [0.25, 0.3) is 0 Å². The largest absolute Gasteiger partial charge is 0.352 e. The lowest BCUT2D eigenvalue weighted by molar-refractivity contribution is -0.124. The van der Waals surface area contributed by atoms with Gasteiger partial charge < -0.3 is 5.32 Å². The Morgan fingerprint density at radius 1 is 1.24 bits per heavy atom. The van der Waals surface area contributed by atoms with Crippen molar-refractivity contribution in [3.63, 3.8) is 0 Å². The standard InChI is InChI=1S/C20H26N2OS2/c1-14-5-2-3-6-16(14)21-19(23)13-22-10-8-17-15(9-12-25-17)20(22)18-7-4-11-24-18/h4,7,9,11-12,14,16,20H,2-3,5-6,8,10,13H2,1H3,(H,21,23)/t14-,16-,20+/m0/s1. The minimum atomic E-state index is 0.194. The first kappa shape index (κ1) is 17.3. The normalized spacial score (nSPS) is 27.0. The van der Waals surface area contributed by atoms with Crippen molar-refractivity contribution in [1.82, 2.24) is 10.2 Å². The fourth-order valence-electron chi connectivity index (χ4n) is 4.29. The Labute approximate surface area is 158 Å². The van der Waals surface area contributed by atoms with Crippen LogP contribution in [-0.2, 0) is 11.2 Å². The van der Waals surface area contributed by atoms with E-state index in [0.717, 1.165) is 19.4 Å². The topological polar surface area (TPSA) is 32.3 Å². The molecule has 0 bridgehead atoms. The molecule has 0 saturated heterocycles. The molecule has 5 heteroatoms. The maximum Gasteiger partial charge on any atom is 0.234 e. The molecule has 1 N–H and O–H groups in total. The van der Waals surface area contributed by atoms with E-state index in [1.165, 1.54) is 34.6 Å². The van der Waals surface area contributed by atoms with E-state index >= 15 is 0 Å². The molecule has 25 heavy (non-hydrogen) atoms. The summed E-state index contributed by atoms with van der Waals surface area (Å²) in [5.74, 6) is 0.801. The number of thiophene rings is 2. The zero-order valence-corrected chi connectivity index (χ0v) is 16.4. The number of hydrogen-bond acceptors (Lipinski definition) is 4. The number of nitrogens with one attached hydrogen (secondary N) is 1. The molecule has 0 aromatic carbocycles. The Balaban J connectivity index is 1.48. The Hall–Kier alpha value is -1.17. The Morgan fingerprint density at radius 2 is 2.12 bits per heavy atom. The minimum absolute atomic E-state index is 0.194. The second kappa shape index (κ2) is 7.60. The zero-order valence-electron chi connectivity index (χ0n) is 14.7. The van der Waals surface area contributed by atoms with Crippen LogP contribution in [0.4, 0.5) is 0 Å². The summed E-state index contributed by atoms with van der Waals surface area (Å²) >= 11 is 3.65. The number of hydrogen-bond donors (Lipinski definition) is 1. The summed E-state index contributed by atoms with van der Waals surface area (Å²) in [7, 11) is 0. The average Bonchev–Trinajstić information content (AvgIpc) is 3.28. The zero-order chi connectivity index (χ0) is 17.2. The number of amides is 1. The van der Waals surface area contributed by atoms with E-state index in [1.807, 2.05) is 11.3 Å². The lowest BCUT2D eigenvalue weighted by atomic mass is 9.86. The Bertz CT molecular complexity index is 709. The summed E-state index contributed by atoms with van der Waals surface area (Å²) in [5.41, 5.74) is 1.40. The monoisotopic (exact) mass is 374 g/mol. The number of fused-ring (bicyclic) bond motifs is 1. The van der Waals surface area contributed by atoms with Crippen molar-refractivity contribution in [1.29, 1.82) is 0 Å². The van der Waals surface area contributed by atoms with Crippen LogP contribution < -0.4 is 5.32 Å². The van der Waals surface area contributed by atoms with E-state index in [4.69, 9.17) is 0 Å². The van der Waals surface area contributed by atoms with Crippen molar-refractivity contribution >= 4 is 28.6 Å². The molecule has 134 valence electrons. The van der Waals surface area contributed by atoms with Gasteiger partial charge in [-0.1, -0.05) is 25.8 Å². The highest BCUT2D eigenvalue weighted by Crippen LogP contribution is 2.39. The van der Waals surface area contributed by atoms with E-state index in [0.29, 0.717) is 18.5 Å². The van der Waals surface area contributed by atoms with Gasteiger partial charge >= 0.3 is 0 Å². The molecular formula is C20H26N2OS2. The molecule has 1 aliphatic heterocycles. The van der Waals surface area contributed by atoms with Gasteiger partial charge in [0.1, 0.15) is 0 Å². The first-order chi connectivity index (χ1) is 12.2. The number of nitrogens with zero attached hydrogens (tertiary/aromatic N) is 1. The highest BCUT2D eigenvalue weighted by atomic mass is 32.1. The van der Waals surface area contributed by atoms with Gasteiger partial charge in [-0.15, -0.1) is 22.7 Å². The summed E-state index contributed by atoms with van der Waals surface area (Å²) in [6, 6.07) is 7.17. The molecule has 1 amide bonds. The van der Waals surface area contributed by atoms with Gasteiger partial charge in [-0.2, -0.15) is 0 Å². The smallest absolute Gasteiger partial charge is 0.234 e. The summed E-state index contributed by atoms with van der Waals surface area (Å²) < 4.78 is 0. The molecule has 2 aromatic rings. The van der Waals surface area contributed by atoms with Gasteiger partial charge in [0.05, 0.1) is 12.6 Å². The maximum absolute atomic E-state index is 12.7. The molecule has 3 heterocycles. The molecular weight excluding hydrogens is 348 g/mol. The molecule has 3 nitrogen and oxygen atoms in total. The quantitative estimate of drug-likeness (QED) is 0.857. The van der Waals surface area contributed by atoms with Gasteiger partial charge in [0, 0.05) is 22.3 Å². The third kappa shape index (κ3) is 3.69.